The van der Waals surface area contributed by atoms with Crippen molar-refractivity contribution in [3.8, 4) is 12.3 Å². The van der Waals surface area contributed by atoms with Crippen LogP contribution in [0.3, 0.4) is 0 Å². The van der Waals surface area contributed by atoms with Crippen LogP contribution < -0.4 is 5.32 Å². The predicted molar refractivity (Wildman–Crippen MR) is 56.6 cm³/mol. The largest absolute Gasteiger partial charge is 0.480 e. The Bertz CT molecular complexity index is 423. The highest BCUT2D eigenvalue weighted by Gasteiger charge is 2.19. The fourth-order valence-corrected chi connectivity index (χ4v) is 1.06. The fourth-order valence-electron chi connectivity index (χ4n) is 1.06. The van der Waals surface area contributed by atoms with E-state index in [1.807, 2.05) is 0 Å². The average molecular weight is 218 g/mol. The number of pyridine rings is 1. The lowest BCUT2D eigenvalue weighted by molar-refractivity contribution is -0.139. The number of nitrogens with one attached hydrogen (secondary N) is 1. The summed E-state index contributed by atoms with van der Waals surface area (Å²) in [6, 6.07) is 1.92. The standard InChI is InChI=1S/C11H10N2O3/c1-2-3-9(11(15)16)13-10(14)8-4-6-12-7-5-8/h1,4-7,9H,3H2,(H,13,14)(H,15,16)/t9-/m0/s1. The molecule has 0 unspecified atom stereocenters. The third-order valence-electron chi connectivity index (χ3n) is 1.87. The number of carbonyl (C=O) groups is 2. The van der Waals surface area contributed by atoms with E-state index in [4.69, 9.17) is 11.5 Å². The number of amides is 1. The molecule has 5 heteroatoms. The zero-order valence-corrected chi connectivity index (χ0v) is 8.38. The average Bonchev–Trinajstić information content (AvgIpc) is 2.29. The number of nitrogens with zero attached hydrogens (tertiary/aromatic N) is 1. The summed E-state index contributed by atoms with van der Waals surface area (Å²) in [5.41, 5.74) is 0.346. The van der Waals surface area contributed by atoms with Crippen LogP contribution >= 0.6 is 0 Å². The van der Waals surface area contributed by atoms with Crippen LogP contribution in [0.2, 0.25) is 0 Å². The van der Waals surface area contributed by atoms with E-state index in [0.717, 1.165) is 0 Å². The fraction of sp³-hybridized carbons (Fsp3) is 0.182. The molecular weight excluding hydrogens is 208 g/mol. The Labute approximate surface area is 92.5 Å². The van der Waals surface area contributed by atoms with Gasteiger partial charge in [0.2, 0.25) is 0 Å². The first-order valence-electron chi connectivity index (χ1n) is 4.52. The van der Waals surface area contributed by atoms with Crippen molar-refractivity contribution in [2.45, 2.75) is 12.5 Å². The second-order valence-corrected chi connectivity index (χ2v) is 3.01. The molecule has 1 rings (SSSR count). The van der Waals surface area contributed by atoms with Gasteiger partial charge >= 0.3 is 5.97 Å². The number of terminal acetylenes is 1. The first-order chi connectivity index (χ1) is 7.65. The second kappa shape index (κ2) is 5.51. The molecule has 0 spiro atoms. The van der Waals surface area contributed by atoms with E-state index in [2.05, 4.69) is 16.2 Å². The third-order valence-corrected chi connectivity index (χ3v) is 1.87. The smallest absolute Gasteiger partial charge is 0.327 e. The normalized spacial score (nSPS) is 11.2. The molecule has 16 heavy (non-hydrogen) atoms. The molecule has 1 aromatic heterocycles. The number of rotatable bonds is 4. The predicted octanol–water partition coefficient (Wildman–Crippen LogP) is 0.288. The maximum atomic E-state index is 11.6. The molecule has 2 N–H and O–H groups in total. The van der Waals surface area contributed by atoms with Gasteiger partial charge in [-0.25, -0.2) is 4.79 Å². The van der Waals surface area contributed by atoms with Gasteiger partial charge in [-0.15, -0.1) is 12.3 Å². The van der Waals surface area contributed by atoms with Crippen LogP contribution in [0.4, 0.5) is 0 Å². The Morgan fingerprint density at radius 2 is 2.12 bits per heavy atom. The minimum atomic E-state index is -1.15. The number of carboxylic acid groups (broad SMARTS) is 1. The molecule has 1 heterocycles. The Hall–Kier alpha value is -2.35. The van der Waals surface area contributed by atoms with Gasteiger partial charge < -0.3 is 10.4 Å². The highest BCUT2D eigenvalue weighted by Crippen LogP contribution is 1.98. The molecule has 0 bridgehead atoms. The number of aromatic nitrogens is 1. The maximum Gasteiger partial charge on any atom is 0.327 e. The third kappa shape index (κ3) is 3.10. The van der Waals surface area contributed by atoms with E-state index in [1.165, 1.54) is 24.5 Å². The minimum Gasteiger partial charge on any atom is -0.480 e. The molecule has 5 nitrogen and oxygen atoms in total. The van der Waals surface area contributed by atoms with Crippen LogP contribution in [0.15, 0.2) is 24.5 Å². The zero-order chi connectivity index (χ0) is 12.0. The molecular formula is C11H10N2O3. The van der Waals surface area contributed by atoms with Gasteiger partial charge in [-0.3, -0.25) is 9.78 Å². The molecule has 82 valence electrons. The summed E-state index contributed by atoms with van der Waals surface area (Å²) in [4.78, 5) is 26.0. The second-order valence-electron chi connectivity index (χ2n) is 3.01. The topological polar surface area (TPSA) is 79.3 Å². The monoisotopic (exact) mass is 218 g/mol. The van der Waals surface area contributed by atoms with Gasteiger partial charge in [0, 0.05) is 24.4 Å². The van der Waals surface area contributed by atoms with Gasteiger partial charge in [0.1, 0.15) is 6.04 Å². The van der Waals surface area contributed by atoms with Crippen LogP contribution in [-0.4, -0.2) is 28.0 Å². The van der Waals surface area contributed by atoms with Crippen molar-refractivity contribution in [1.29, 1.82) is 0 Å². The molecule has 0 saturated heterocycles. The van der Waals surface area contributed by atoms with Crippen molar-refractivity contribution in [2.75, 3.05) is 0 Å². The molecule has 1 aromatic rings. The summed E-state index contributed by atoms with van der Waals surface area (Å²) in [6.07, 6.45) is 7.86. The van der Waals surface area contributed by atoms with Crippen molar-refractivity contribution in [1.82, 2.24) is 10.3 Å². The van der Waals surface area contributed by atoms with E-state index < -0.39 is 17.9 Å². The van der Waals surface area contributed by atoms with Gasteiger partial charge in [-0.2, -0.15) is 0 Å². The zero-order valence-electron chi connectivity index (χ0n) is 8.38. The van der Waals surface area contributed by atoms with Gasteiger partial charge in [-0.05, 0) is 12.1 Å². The van der Waals surface area contributed by atoms with Crippen molar-refractivity contribution >= 4 is 11.9 Å². The Morgan fingerprint density at radius 3 is 2.62 bits per heavy atom. The molecule has 0 aliphatic heterocycles. The SMILES string of the molecule is C#CC[C@H](NC(=O)c1ccncc1)C(=O)O. The number of aliphatic carboxylic acids is 1. The summed E-state index contributed by atoms with van der Waals surface area (Å²) >= 11 is 0. The summed E-state index contributed by atoms with van der Waals surface area (Å²) in [5, 5.41) is 11.1. The Kier molecular flexibility index (Phi) is 4.04. The lowest BCUT2D eigenvalue weighted by Crippen LogP contribution is -2.40. The first-order valence-corrected chi connectivity index (χ1v) is 4.52. The highest BCUT2D eigenvalue weighted by atomic mass is 16.4. The number of carbonyl (C=O) groups excluding carboxylic acids is 1. The van der Waals surface area contributed by atoms with Gasteiger partial charge in [0.25, 0.3) is 5.91 Å². The first kappa shape index (κ1) is 11.7. The number of carboxylic acids is 1. The number of hydrogen-bond donors (Lipinski definition) is 2. The molecule has 0 fully saturated rings. The van der Waals surface area contributed by atoms with Gasteiger partial charge in [0.05, 0.1) is 0 Å². The summed E-state index contributed by atoms with van der Waals surface area (Å²) < 4.78 is 0. The van der Waals surface area contributed by atoms with Gasteiger partial charge in [-0.1, -0.05) is 0 Å². The Balaban J connectivity index is 2.70. The van der Waals surface area contributed by atoms with E-state index in [0.29, 0.717) is 5.56 Å². The summed E-state index contributed by atoms with van der Waals surface area (Å²) in [7, 11) is 0. The maximum absolute atomic E-state index is 11.6. The molecule has 1 atom stereocenters. The number of hydrogen-bond acceptors (Lipinski definition) is 3. The molecule has 0 aliphatic carbocycles. The minimum absolute atomic E-state index is 0.0494. The molecule has 0 saturated carbocycles. The molecule has 0 radical (unpaired) electrons. The van der Waals surface area contributed by atoms with E-state index in [9.17, 15) is 9.59 Å². The van der Waals surface area contributed by atoms with Crippen molar-refractivity contribution in [3.05, 3.63) is 30.1 Å². The van der Waals surface area contributed by atoms with Crippen molar-refractivity contribution in [3.63, 3.8) is 0 Å². The van der Waals surface area contributed by atoms with Crippen LogP contribution in [0.5, 0.6) is 0 Å². The highest BCUT2D eigenvalue weighted by molar-refractivity contribution is 5.96. The summed E-state index contributed by atoms with van der Waals surface area (Å²) in [5.74, 6) is 0.564. The van der Waals surface area contributed by atoms with Crippen molar-refractivity contribution < 1.29 is 14.7 Å². The van der Waals surface area contributed by atoms with E-state index >= 15 is 0 Å². The van der Waals surface area contributed by atoms with Crippen molar-refractivity contribution in [2.24, 2.45) is 0 Å². The molecule has 0 aliphatic rings. The Morgan fingerprint density at radius 1 is 1.50 bits per heavy atom. The van der Waals surface area contributed by atoms with Crippen LogP contribution in [0, 0.1) is 12.3 Å². The summed E-state index contributed by atoms with van der Waals surface area (Å²) in [6.45, 7) is 0. The van der Waals surface area contributed by atoms with E-state index in [-0.39, 0.29) is 6.42 Å². The van der Waals surface area contributed by atoms with E-state index in [1.54, 1.807) is 0 Å². The molecule has 1 amide bonds. The van der Waals surface area contributed by atoms with Crippen LogP contribution in [0.1, 0.15) is 16.8 Å². The van der Waals surface area contributed by atoms with Gasteiger partial charge in [0.15, 0.2) is 0 Å². The quantitative estimate of drug-likeness (QED) is 0.712. The lowest BCUT2D eigenvalue weighted by atomic mass is 10.2. The van der Waals surface area contributed by atoms with Crippen LogP contribution in [-0.2, 0) is 4.79 Å². The van der Waals surface area contributed by atoms with Crippen LogP contribution in [0.25, 0.3) is 0 Å². The molecule has 0 aromatic carbocycles. The lowest BCUT2D eigenvalue weighted by Gasteiger charge is -2.11.